The van der Waals surface area contributed by atoms with Crippen molar-refractivity contribution in [2.24, 2.45) is 0 Å². The lowest BCUT2D eigenvalue weighted by molar-refractivity contribution is -0.133. The number of carbonyl (C=O) groups excluding carboxylic acids is 5. The minimum atomic E-state index is -0.936. The smallest absolute Gasteiger partial charge is 0.425 e. The Balaban J connectivity index is 1.50. The number of benzene rings is 3. The molecule has 0 aliphatic carbocycles. The number of hydrogen-bond donors (Lipinski definition) is 3. The molecule has 272 valence electrons. The van der Waals surface area contributed by atoms with Gasteiger partial charge in [-0.3, -0.25) is 14.4 Å². The molecule has 0 saturated heterocycles. The summed E-state index contributed by atoms with van der Waals surface area (Å²) >= 11 is 0. The summed E-state index contributed by atoms with van der Waals surface area (Å²) < 4.78 is 11.1. The fourth-order valence-corrected chi connectivity index (χ4v) is 5.50. The van der Waals surface area contributed by atoms with Crippen LogP contribution in [-0.4, -0.2) is 57.5 Å². The molecule has 2 aliphatic heterocycles. The molecular weight excluding hydrogens is 664 g/mol. The molecule has 13 nitrogen and oxygen atoms in total. The number of nitrogens with zero attached hydrogens (tertiary/aromatic N) is 3. The molecule has 0 fully saturated rings. The van der Waals surface area contributed by atoms with Crippen molar-refractivity contribution in [3.8, 4) is 0 Å². The Morgan fingerprint density at radius 1 is 0.846 bits per heavy atom. The molecule has 5 amide bonds. The topological polar surface area (TPSA) is 159 Å². The van der Waals surface area contributed by atoms with E-state index < -0.39 is 29.4 Å². The first-order valence-electron chi connectivity index (χ1n) is 16.9. The SMILES string of the molecule is CC(=O)N1CC(=O)Nc2cccc(c2)CNC(=O)C(Nc2ccc3c(N(C(=O)OC(C)(C)C)C(=O)OC(C)(C)C)nccc3c2)c2ccc(cc2)C1. The van der Waals surface area contributed by atoms with Crippen LogP contribution in [0, 0.1) is 0 Å². The molecule has 6 rings (SSSR count). The number of aromatic nitrogens is 1. The van der Waals surface area contributed by atoms with Gasteiger partial charge in [-0.15, -0.1) is 0 Å². The Bertz CT molecular complexity index is 1970. The highest BCUT2D eigenvalue weighted by Gasteiger charge is 2.34. The van der Waals surface area contributed by atoms with Crippen molar-refractivity contribution in [3.63, 3.8) is 0 Å². The van der Waals surface area contributed by atoms with E-state index in [1.807, 2.05) is 18.2 Å². The zero-order valence-electron chi connectivity index (χ0n) is 30.4. The maximum absolute atomic E-state index is 13.9. The average Bonchev–Trinajstić information content (AvgIpc) is 3.04. The highest BCUT2D eigenvalue weighted by atomic mass is 16.6. The van der Waals surface area contributed by atoms with Crippen LogP contribution in [0.1, 0.15) is 71.2 Å². The highest BCUT2D eigenvalue weighted by molar-refractivity contribution is 6.14. The van der Waals surface area contributed by atoms with Gasteiger partial charge in [-0.05, 0) is 100 Å². The standard InChI is InChI=1S/C39H44N6O7/c1-24(46)44-22-25-11-13-27(14-12-25)33(35(48)41-21-26-9-8-10-29(19-26)42-32(47)23-44)43-30-15-16-31-28(20-30)17-18-40-34(31)45(36(49)51-38(2,3)4)37(50)52-39(5,6)7/h8-20,33,43H,21-23H2,1-7H3,(H,41,48)(H,42,47). The van der Waals surface area contributed by atoms with E-state index in [4.69, 9.17) is 9.47 Å². The van der Waals surface area contributed by atoms with Crippen LogP contribution in [0.5, 0.6) is 0 Å². The average molecular weight is 709 g/mol. The second kappa shape index (κ2) is 15.1. The van der Waals surface area contributed by atoms with E-state index in [2.05, 4.69) is 20.9 Å². The van der Waals surface area contributed by atoms with Crippen molar-refractivity contribution in [2.45, 2.75) is 78.8 Å². The number of amides is 5. The molecule has 1 aromatic heterocycles. The van der Waals surface area contributed by atoms with Crippen LogP contribution < -0.4 is 20.9 Å². The molecule has 13 heteroatoms. The molecule has 1 atom stereocenters. The summed E-state index contributed by atoms with van der Waals surface area (Å²) in [5.41, 5.74) is 1.54. The third-order valence-corrected chi connectivity index (χ3v) is 7.82. The minimum absolute atomic E-state index is 0.0311. The van der Waals surface area contributed by atoms with Crippen LogP contribution in [-0.2, 0) is 36.9 Å². The Morgan fingerprint density at radius 3 is 2.15 bits per heavy atom. The lowest BCUT2D eigenvalue weighted by Crippen LogP contribution is -2.44. The van der Waals surface area contributed by atoms with Gasteiger partial charge in [0.2, 0.25) is 17.7 Å². The van der Waals surface area contributed by atoms with Crippen LogP contribution >= 0.6 is 0 Å². The first-order chi connectivity index (χ1) is 24.5. The molecule has 2 aliphatic rings. The summed E-state index contributed by atoms with van der Waals surface area (Å²) in [4.78, 5) is 72.4. The van der Waals surface area contributed by atoms with Crippen LogP contribution in [0.2, 0.25) is 0 Å². The zero-order chi connectivity index (χ0) is 37.8. The number of rotatable bonds is 3. The Labute approximate surface area is 302 Å². The number of pyridine rings is 1. The monoisotopic (exact) mass is 708 g/mol. The molecular formula is C39H44N6O7. The minimum Gasteiger partial charge on any atom is -0.443 e. The number of carbonyl (C=O) groups is 5. The van der Waals surface area contributed by atoms with Crippen LogP contribution in [0.4, 0.5) is 26.8 Å². The summed E-state index contributed by atoms with van der Waals surface area (Å²) in [5.74, 6) is -0.854. The third kappa shape index (κ3) is 9.62. The number of nitrogens with one attached hydrogen (secondary N) is 3. The Morgan fingerprint density at radius 2 is 1.52 bits per heavy atom. The molecule has 3 heterocycles. The predicted molar refractivity (Wildman–Crippen MR) is 198 cm³/mol. The molecule has 3 aromatic carbocycles. The zero-order valence-corrected chi connectivity index (χ0v) is 30.4. The normalized spacial score (nSPS) is 15.4. The van der Waals surface area contributed by atoms with Crippen molar-refractivity contribution in [1.29, 1.82) is 0 Å². The number of ether oxygens (including phenoxy) is 2. The maximum atomic E-state index is 13.9. The van der Waals surface area contributed by atoms with Crippen LogP contribution in [0.15, 0.2) is 79.0 Å². The largest absolute Gasteiger partial charge is 0.443 e. The summed E-state index contributed by atoms with van der Waals surface area (Å²) in [7, 11) is 0. The van der Waals surface area contributed by atoms with Gasteiger partial charge in [-0.25, -0.2) is 14.6 Å². The lowest BCUT2D eigenvalue weighted by atomic mass is 10.0. The van der Waals surface area contributed by atoms with Crippen molar-refractivity contribution in [1.82, 2.24) is 15.2 Å². The maximum Gasteiger partial charge on any atom is 0.425 e. The van der Waals surface area contributed by atoms with Crippen molar-refractivity contribution in [3.05, 3.63) is 95.7 Å². The van der Waals surface area contributed by atoms with E-state index in [1.54, 1.807) is 96.1 Å². The summed E-state index contributed by atoms with van der Waals surface area (Å²) in [6.45, 7) is 11.9. The number of imide groups is 1. The van der Waals surface area contributed by atoms with Gasteiger partial charge in [0.05, 0.1) is 0 Å². The Hall–Kier alpha value is -5.98. The van der Waals surface area contributed by atoms with Crippen molar-refractivity contribution < 1.29 is 33.4 Å². The third-order valence-electron chi connectivity index (χ3n) is 7.82. The van der Waals surface area contributed by atoms with Crippen LogP contribution in [0.25, 0.3) is 10.8 Å². The summed E-state index contributed by atoms with van der Waals surface area (Å²) in [6, 6.07) is 20.5. The van der Waals surface area contributed by atoms with E-state index in [0.717, 1.165) is 16.0 Å². The van der Waals surface area contributed by atoms with Crippen molar-refractivity contribution in [2.75, 3.05) is 22.1 Å². The first-order valence-corrected chi connectivity index (χ1v) is 16.9. The molecule has 4 aromatic rings. The summed E-state index contributed by atoms with van der Waals surface area (Å²) in [5, 5.41) is 10.3. The number of hydrogen-bond acceptors (Lipinski definition) is 9. The fraction of sp³-hybridized carbons (Fsp3) is 0.333. The fourth-order valence-electron chi connectivity index (χ4n) is 5.50. The van der Waals surface area contributed by atoms with Gasteiger partial charge in [0, 0.05) is 43.0 Å². The number of fused-ring (bicyclic) bond motifs is 10. The lowest BCUT2D eigenvalue weighted by Gasteiger charge is -2.28. The summed E-state index contributed by atoms with van der Waals surface area (Å²) in [6.07, 6.45) is -0.397. The van der Waals surface area contributed by atoms with E-state index in [1.165, 1.54) is 18.0 Å². The van der Waals surface area contributed by atoms with E-state index in [9.17, 15) is 24.0 Å². The first kappa shape index (κ1) is 37.3. The molecule has 1 unspecified atom stereocenters. The molecule has 0 radical (unpaired) electrons. The number of anilines is 3. The van der Waals surface area contributed by atoms with E-state index in [0.29, 0.717) is 27.7 Å². The van der Waals surface area contributed by atoms with Crippen molar-refractivity contribution >= 4 is 57.9 Å². The highest BCUT2D eigenvalue weighted by Crippen LogP contribution is 2.31. The van der Waals surface area contributed by atoms with Gasteiger partial charge >= 0.3 is 12.2 Å². The molecule has 4 bridgehead atoms. The van der Waals surface area contributed by atoms with Crippen LogP contribution in [0.3, 0.4) is 0 Å². The quantitative estimate of drug-likeness (QED) is 0.211. The van der Waals surface area contributed by atoms with E-state index >= 15 is 0 Å². The second-order valence-electron chi connectivity index (χ2n) is 14.5. The predicted octanol–water partition coefficient (Wildman–Crippen LogP) is 6.68. The van der Waals surface area contributed by atoms with Gasteiger partial charge < -0.3 is 30.3 Å². The molecule has 0 spiro atoms. The molecule has 0 saturated carbocycles. The Kier molecular flexibility index (Phi) is 10.8. The van der Waals surface area contributed by atoms with E-state index in [-0.39, 0.29) is 43.2 Å². The van der Waals surface area contributed by atoms with Gasteiger partial charge in [0.25, 0.3) is 0 Å². The van der Waals surface area contributed by atoms with Gasteiger partial charge in [0.1, 0.15) is 23.8 Å². The van der Waals surface area contributed by atoms with Gasteiger partial charge in [-0.1, -0.05) is 36.4 Å². The molecule has 52 heavy (non-hydrogen) atoms. The second-order valence-corrected chi connectivity index (χ2v) is 14.5. The van der Waals surface area contributed by atoms with Gasteiger partial charge in [-0.2, -0.15) is 4.90 Å². The molecule has 3 N–H and O–H groups in total. The van der Waals surface area contributed by atoms with Gasteiger partial charge in [0.15, 0.2) is 5.82 Å².